The van der Waals surface area contributed by atoms with Crippen LogP contribution in [0.15, 0.2) is 42.2 Å². The number of morpholine rings is 1. The number of carbonyl (C=O) groups excluding carboxylic acids is 1. The molecule has 1 aromatic carbocycles. The molecular weight excluding hydrogens is 476 g/mol. The van der Waals surface area contributed by atoms with E-state index in [2.05, 4.69) is 53.7 Å². The number of thiazole rings is 1. The molecule has 0 spiro atoms. The zero-order valence-electron chi connectivity index (χ0n) is 19.9. The minimum Gasteiger partial charge on any atom is -0.379 e. The lowest BCUT2D eigenvalue weighted by Gasteiger charge is -2.29. The number of nitrogens with zero attached hydrogens (tertiary/aromatic N) is 5. The summed E-state index contributed by atoms with van der Waals surface area (Å²) in [6.45, 7) is 6.17. The van der Waals surface area contributed by atoms with Crippen molar-refractivity contribution >= 4 is 55.7 Å². The van der Waals surface area contributed by atoms with Gasteiger partial charge in [-0.05, 0) is 36.3 Å². The molecule has 5 heterocycles. The molecule has 6 rings (SSSR count). The maximum absolute atomic E-state index is 12.6. The van der Waals surface area contributed by atoms with Gasteiger partial charge in [0.25, 0.3) is 0 Å². The van der Waals surface area contributed by atoms with Gasteiger partial charge in [-0.1, -0.05) is 6.08 Å². The van der Waals surface area contributed by atoms with E-state index < -0.39 is 0 Å². The average molecular weight is 505 g/mol. The highest BCUT2D eigenvalue weighted by molar-refractivity contribution is 7.16. The summed E-state index contributed by atoms with van der Waals surface area (Å²) in [5.74, 6) is 0.754. The van der Waals surface area contributed by atoms with E-state index in [1.165, 1.54) is 5.57 Å². The molecule has 3 N–H and O–H groups in total. The van der Waals surface area contributed by atoms with Crippen molar-refractivity contribution in [2.75, 3.05) is 57.8 Å². The fourth-order valence-corrected chi connectivity index (χ4v) is 5.35. The number of benzene rings is 1. The van der Waals surface area contributed by atoms with E-state index in [4.69, 9.17) is 4.74 Å². The van der Waals surface area contributed by atoms with E-state index in [-0.39, 0.29) is 6.03 Å². The van der Waals surface area contributed by atoms with E-state index in [9.17, 15) is 4.79 Å². The first kappa shape index (κ1) is 22.9. The molecule has 4 aromatic rings. The van der Waals surface area contributed by atoms with Crippen molar-refractivity contribution in [1.29, 1.82) is 0 Å². The Morgan fingerprint density at radius 3 is 2.92 bits per heavy atom. The maximum Gasteiger partial charge on any atom is 0.317 e. The van der Waals surface area contributed by atoms with Crippen LogP contribution < -0.4 is 10.6 Å². The lowest BCUT2D eigenvalue weighted by Crippen LogP contribution is -2.46. The van der Waals surface area contributed by atoms with Crippen LogP contribution in [0.25, 0.3) is 26.8 Å². The molecule has 0 bridgehead atoms. The van der Waals surface area contributed by atoms with Gasteiger partial charge in [-0.2, -0.15) is 0 Å². The monoisotopic (exact) mass is 504 g/mol. The van der Waals surface area contributed by atoms with Gasteiger partial charge in [-0.15, -0.1) is 11.3 Å². The molecule has 36 heavy (non-hydrogen) atoms. The maximum atomic E-state index is 12.6. The summed E-state index contributed by atoms with van der Waals surface area (Å²) in [5, 5.41) is 7.41. The first-order valence-electron chi connectivity index (χ1n) is 12.2. The largest absolute Gasteiger partial charge is 0.379 e. The van der Waals surface area contributed by atoms with Gasteiger partial charge in [-0.25, -0.2) is 19.7 Å². The Kier molecular flexibility index (Phi) is 6.50. The van der Waals surface area contributed by atoms with Crippen molar-refractivity contribution in [3.63, 3.8) is 0 Å². The minimum absolute atomic E-state index is 0.00883. The van der Waals surface area contributed by atoms with Gasteiger partial charge < -0.3 is 25.3 Å². The molecule has 186 valence electrons. The number of carbonyl (C=O) groups is 1. The van der Waals surface area contributed by atoms with Crippen LogP contribution in [0.4, 0.5) is 16.3 Å². The number of rotatable bonds is 6. The summed E-state index contributed by atoms with van der Waals surface area (Å²) in [6.07, 6.45) is 4.46. The summed E-state index contributed by atoms with van der Waals surface area (Å²) in [7, 11) is 0. The van der Waals surface area contributed by atoms with E-state index in [1.54, 1.807) is 17.7 Å². The van der Waals surface area contributed by atoms with E-state index >= 15 is 0 Å². The average Bonchev–Trinajstić information content (AvgIpc) is 3.57. The van der Waals surface area contributed by atoms with Gasteiger partial charge in [-0.3, -0.25) is 4.90 Å². The molecule has 10 nitrogen and oxygen atoms in total. The second kappa shape index (κ2) is 10.2. The summed E-state index contributed by atoms with van der Waals surface area (Å²) in [4.78, 5) is 33.5. The van der Waals surface area contributed by atoms with Gasteiger partial charge in [0.1, 0.15) is 17.8 Å². The minimum atomic E-state index is -0.00883. The van der Waals surface area contributed by atoms with Crippen molar-refractivity contribution in [2.24, 2.45) is 0 Å². The summed E-state index contributed by atoms with van der Waals surface area (Å²) in [6, 6.07) is 8.18. The number of urea groups is 1. The highest BCUT2D eigenvalue weighted by Crippen LogP contribution is 2.30. The van der Waals surface area contributed by atoms with Gasteiger partial charge >= 0.3 is 6.03 Å². The number of H-pyrrole nitrogens is 1. The smallest absolute Gasteiger partial charge is 0.317 e. The molecule has 2 amide bonds. The highest BCUT2D eigenvalue weighted by atomic mass is 32.1. The number of aromatic nitrogens is 4. The van der Waals surface area contributed by atoms with Crippen LogP contribution in [0, 0.1) is 0 Å². The molecule has 0 saturated carbocycles. The number of hydrogen-bond donors (Lipinski definition) is 3. The molecule has 0 unspecified atom stereocenters. The van der Waals surface area contributed by atoms with E-state index in [1.807, 2.05) is 22.5 Å². The normalized spacial score (nSPS) is 16.9. The Labute approximate surface area is 212 Å². The zero-order chi connectivity index (χ0) is 24.3. The first-order valence-corrected chi connectivity index (χ1v) is 13.1. The summed E-state index contributed by atoms with van der Waals surface area (Å²) < 4.78 is 6.50. The Morgan fingerprint density at radius 1 is 1.14 bits per heavy atom. The third-order valence-corrected chi connectivity index (χ3v) is 7.46. The lowest BCUT2D eigenvalue weighted by atomic mass is 10.1. The second-order valence-corrected chi connectivity index (χ2v) is 9.83. The standard InChI is InChI=1S/C25H28N8O2S/c34-25(26-5-8-32-9-11-35-12-10-32)33-6-3-17(4-7-33)21-14-19-23(27-15-28-24(19)31-21)30-18-1-2-20-22(13-18)36-16-29-20/h1-3,13-16H,4-12H2,(H,26,34)(H2,27,28,30,31). The van der Waals surface area contributed by atoms with Crippen LogP contribution in [-0.2, 0) is 4.74 Å². The third kappa shape index (κ3) is 4.90. The highest BCUT2D eigenvalue weighted by Gasteiger charge is 2.20. The van der Waals surface area contributed by atoms with Crippen molar-refractivity contribution < 1.29 is 9.53 Å². The van der Waals surface area contributed by atoms with Crippen molar-refractivity contribution in [3.05, 3.63) is 47.9 Å². The SMILES string of the molecule is O=C(NCCN1CCOCC1)N1CC=C(c2cc3c(Nc4ccc5ncsc5c4)ncnc3[nH]2)CC1. The molecule has 1 fully saturated rings. The van der Waals surface area contributed by atoms with E-state index in [0.717, 1.165) is 77.7 Å². The number of amides is 2. The van der Waals surface area contributed by atoms with E-state index in [0.29, 0.717) is 19.6 Å². The third-order valence-electron chi connectivity index (χ3n) is 6.67. The van der Waals surface area contributed by atoms with Gasteiger partial charge in [0.05, 0.1) is 34.3 Å². The van der Waals surface area contributed by atoms with Crippen LogP contribution >= 0.6 is 11.3 Å². The number of anilines is 2. The predicted molar refractivity (Wildman–Crippen MR) is 142 cm³/mol. The molecule has 0 aliphatic carbocycles. The Balaban J connectivity index is 1.10. The number of ether oxygens (including phenoxy) is 1. The van der Waals surface area contributed by atoms with Crippen molar-refractivity contribution in [1.82, 2.24) is 35.1 Å². The number of nitrogens with one attached hydrogen (secondary N) is 3. The Bertz CT molecular complexity index is 1410. The van der Waals surface area contributed by atoms with Crippen LogP contribution in [0.2, 0.25) is 0 Å². The lowest BCUT2D eigenvalue weighted by molar-refractivity contribution is 0.0386. The Morgan fingerprint density at radius 2 is 2.06 bits per heavy atom. The van der Waals surface area contributed by atoms with Crippen LogP contribution in [0.5, 0.6) is 0 Å². The summed E-state index contributed by atoms with van der Waals surface area (Å²) >= 11 is 1.61. The van der Waals surface area contributed by atoms with Crippen LogP contribution in [0.3, 0.4) is 0 Å². The van der Waals surface area contributed by atoms with Crippen molar-refractivity contribution in [3.8, 4) is 0 Å². The fraction of sp³-hybridized carbons (Fsp3) is 0.360. The Hall–Kier alpha value is -3.54. The van der Waals surface area contributed by atoms with Gasteiger partial charge in [0.15, 0.2) is 0 Å². The topological polar surface area (TPSA) is 111 Å². The second-order valence-electron chi connectivity index (χ2n) is 8.94. The predicted octanol–water partition coefficient (Wildman–Crippen LogP) is 3.44. The fourth-order valence-electron chi connectivity index (χ4n) is 4.64. The zero-order valence-corrected chi connectivity index (χ0v) is 20.7. The molecule has 1 saturated heterocycles. The van der Waals surface area contributed by atoms with Crippen molar-refractivity contribution in [2.45, 2.75) is 6.42 Å². The summed E-state index contributed by atoms with van der Waals surface area (Å²) in [5.41, 5.74) is 6.78. The molecule has 0 atom stereocenters. The van der Waals surface area contributed by atoms with Crippen LogP contribution in [-0.4, -0.2) is 88.2 Å². The van der Waals surface area contributed by atoms with Gasteiger partial charge in [0.2, 0.25) is 0 Å². The molecule has 3 aromatic heterocycles. The first-order chi connectivity index (χ1) is 17.7. The molecule has 2 aliphatic rings. The molecular formula is C25H28N8O2S. The molecule has 2 aliphatic heterocycles. The number of hydrogen-bond acceptors (Lipinski definition) is 8. The van der Waals surface area contributed by atoms with Gasteiger partial charge in [0, 0.05) is 50.6 Å². The molecule has 0 radical (unpaired) electrons. The van der Waals surface area contributed by atoms with Crippen LogP contribution in [0.1, 0.15) is 12.1 Å². The molecule has 11 heteroatoms. The quantitative estimate of drug-likeness (QED) is 0.369. The number of aromatic amines is 1. The number of fused-ring (bicyclic) bond motifs is 2.